The van der Waals surface area contributed by atoms with Gasteiger partial charge in [0.15, 0.2) is 11.4 Å². The first-order valence-electron chi connectivity index (χ1n) is 7.43. The molecule has 0 N–H and O–H groups in total. The average molecular weight is 308 g/mol. The smallest absolute Gasteiger partial charge is 0.337 e. The van der Waals surface area contributed by atoms with Gasteiger partial charge in [0.1, 0.15) is 0 Å². The molecule has 1 fully saturated rings. The molecule has 0 unspecified atom stereocenters. The van der Waals surface area contributed by atoms with Crippen LogP contribution in [-0.4, -0.2) is 37.2 Å². The Morgan fingerprint density at radius 1 is 1.36 bits per heavy atom. The Hall–Kier alpha value is -1.43. The molecule has 0 spiro atoms. The van der Waals surface area contributed by atoms with E-state index in [1.54, 1.807) is 6.92 Å². The molecule has 2 atom stereocenters. The van der Waals surface area contributed by atoms with Crippen molar-refractivity contribution in [3.05, 3.63) is 35.9 Å². The zero-order valence-electron chi connectivity index (χ0n) is 13.6. The van der Waals surface area contributed by atoms with Crippen molar-refractivity contribution in [1.29, 1.82) is 0 Å². The fourth-order valence-corrected chi connectivity index (χ4v) is 2.53. The highest BCUT2D eigenvalue weighted by Gasteiger charge is 2.43. The van der Waals surface area contributed by atoms with Crippen molar-refractivity contribution < 1.29 is 23.7 Å². The van der Waals surface area contributed by atoms with E-state index in [1.807, 2.05) is 44.2 Å². The second-order valence-electron chi connectivity index (χ2n) is 6.15. The van der Waals surface area contributed by atoms with E-state index in [1.165, 1.54) is 7.11 Å². The molecule has 1 aromatic rings. The summed E-state index contributed by atoms with van der Waals surface area (Å²) in [5, 5.41) is 0. The van der Waals surface area contributed by atoms with E-state index in [-0.39, 0.29) is 6.10 Å². The minimum Gasteiger partial charge on any atom is -0.467 e. The predicted octanol–water partition coefficient (Wildman–Crippen LogP) is 2.68. The maximum Gasteiger partial charge on any atom is 0.337 e. The van der Waals surface area contributed by atoms with E-state index >= 15 is 0 Å². The Morgan fingerprint density at radius 3 is 2.59 bits per heavy atom. The van der Waals surface area contributed by atoms with E-state index in [0.29, 0.717) is 19.6 Å². The van der Waals surface area contributed by atoms with Crippen LogP contribution in [0.15, 0.2) is 30.3 Å². The zero-order chi connectivity index (χ0) is 16.2. The van der Waals surface area contributed by atoms with Gasteiger partial charge in [-0.15, -0.1) is 0 Å². The minimum atomic E-state index is -1.07. The third kappa shape index (κ3) is 4.29. The van der Waals surface area contributed by atoms with Crippen LogP contribution in [0.5, 0.6) is 0 Å². The highest BCUT2D eigenvalue weighted by Crippen LogP contribution is 2.30. The maximum atomic E-state index is 12.2. The lowest BCUT2D eigenvalue weighted by Crippen LogP contribution is -2.43. The summed E-state index contributed by atoms with van der Waals surface area (Å²) in [7, 11) is 1.36. The van der Waals surface area contributed by atoms with Gasteiger partial charge < -0.3 is 18.9 Å². The number of esters is 1. The molecule has 0 aliphatic carbocycles. The van der Waals surface area contributed by atoms with Crippen LogP contribution in [-0.2, 0) is 30.3 Å². The Morgan fingerprint density at radius 2 is 2.05 bits per heavy atom. The lowest BCUT2D eigenvalue weighted by Gasteiger charge is -2.29. The van der Waals surface area contributed by atoms with E-state index in [4.69, 9.17) is 18.9 Å². The Kier molecular flexibility index (Phi) is 5.21. The largest absolute Gasteiger partial charge is 0.467 e. The molecule has 0 aromatic heterocycles. The van der Waals surface area contributed by atoms with Crippen LogP contribution in [0.3, 0.4) is 0 Å². The molecular formula is C17H24O5. The molecule has 22 heavy (non-hydrogen) atoms. The summed E-state index contributed by atoms with van der Waals surface area (Å²) in [5.74, 6) is -1.03. The molecule has 0 amide bonds. The molecule has 1 aliphatic heterocycles. The summed E-state index contributed by atoms with van der Waals surface area (Å²) in [6.45, 7) is 6.22. The average Bonchev–Trinajstić information content (AvgIpc) is 2.84. The fourth-order valence-electron chi connectivity index (χ4n) is 2.53. The van der Waals surface area contributed by atoms with E-state index in [2.05, 4.69) is 0 Å². The number of benzene rings is 1. The van der Waals surface area contributed by atoms with Crippen LogP contribution in [0.25, 0.3) is 0 Å². The van der Waals surface area contributed by atoms with Crippen molar-refractivity contribution in [2.45, 2.75) is 51.3 Å². The molecule has 1 saturated heterocycles. The summed E-state index contributed by atoms with van der Waals surface area (Å²) in [5.41, 5.74) is -0.0690. The summed E-state index contributed by atoms with van der Waals surface area (Å²) in [6.07, 6.45) is 0.186. The second kappa shape index (κ2) is 6.77. The molecule has 5 nitrogen and oxygen atoms in total. The number of carbonyl (C=O) groups is 1. The van der Waals surface area contributed by atoms with Crippen LogP contribution in [0.2, 0.25) is 0 Å². The van der Waals surface area contributed by atoms with Crippen molar-refractivity contribution in [2.75, 3.05) is 13.7 Å². The van der Waals surface area contributed by atoms with Crippen LogP contribution < -0.4 is 0 Å². The van der Waals surface area contributed by atoms with Crippen molar-refractivity contribution in [3.63, 3.8) is 0 Å². The van der Waals surface area contributed by atoms with Gasteiger partial charge in [0.25, 0.3) is 0 Å². The fraction of sp³-hybridized carbons (Fsp3) is 0.588. The molecule has 0 bridgehead atoms. The van der Waals surface area contributed by atoms with Gasteiger partial charge in [-0.1, -0.05) is 30.3 Å². The number of rotatable bonds is 6. The van der Waals surface area contributed by atoms with Crippen LogP contribution in [0.1, 0.15) is 32.8 Å². The first kappa shape index (κ1) is 16.9. The molecule has 122 valence electrons. The van der Waals surface area contributed by atoms with Gasteiger partial charge in [0, 0.05) is 6.42 Å². The molecule has 0 radical (unpaired) electrons. The second-order valence-corrected chi connectivity index (χ2v) is 6.15. The van der Waals surface area contributed by atoms with Crippen molar-refractivity contribution in [2.24, 2.45) is 0 Å². The molecule has 1 aromatic carbocycles. The Balaban J connectivity index is 2.02. The molecule has 2 rings (SSSR count). The summed E-state index contributed by atoms with van der Waals surface area (Å²) in [4.78, 5) is 12.2. The third-order valence-corrected chi connectivity index (χ3v) is 3.70. The lowest BCUT2D eigenvalue weighted by molar-refractivity contribution is -0.179. The normalized spacial score (nSPS) is 23.0. The van der Waals surface area contributed by atoms with Crippen molar-refractivity contribution >= 4 is 5.97 Å². The molecule has 1 heterocycles. The molecule has 0 saturated carbocycles. The van der Waals surface area contributed by atoms with Gasteiger partial charge in [-0.3, -0.25) is 0 Å². The summed E-state index contributed by atoms with van der Waals surface area (Å²) < 4.78 is 22.1. The summed E-state index contributed by atoms with van der Waals surface area (Å²) >= 11 is 0. The van der Waals surface area contributed by atoms with Crippen molar-refractivity contribution in [1.82, 2.24) is 0 Å². The van der Waals surface area contributed by atoms with E-state index in [0.717, 1.165) is 5.56 Å². The van der Waals surface area contributed by atoms with Gasteiger partial charge in [0.05, 0.1) is 26.4 Å². The first-order chi connectivity index (χ1) is 10.3. The highest BCUT2D eigenvalue weighted by atomic mass is 16.7. The number of hydrogen-bond acceptors (Lipinski definition) is 5. The monoisotopic (exact) mass is 308 g/mol. The number of carbonyl (C=O) groups excluding carboxylic acids is 1. The van der Waals surface area contributed by atoms with Gasteiger partial charge in [-0.25, -0.2) is 4.79 Å². The molecular weight excluding hydrogens is 284 g/mol. The van der Waals surface area contributed by atoms with Crippen LogP contribution >= 0.6 is 0 Å². The maximum absolute atomic E-state index is 12.2. The SMILES string of the molecule is COC(=O)[C@@](C)(C[C@H]1COC(C)(C)O1)OCc1ccccc1. The van der Waals surface area contributed by atoms with Gasteiger partial charge in [0.2, 0.25) is 0 Å². The topological polar surface area (TPSA) is 54.0 Å². The van der Waals surface area contributed by atoms with Crippen LogP contribution in [0.4, 0.5) is 0 Å². The molecule has 5 heteroatoms. The Labute approximate surface area is 131 Å². The van der Waals surface area contributed by atoms with Gasteiger partial charge >= 0.3 is 5.97 Å². The van der Waals surface area contributed by atoms with Crippen LogP contribution in [0, 0.1) is 0 Å². The summed E-state index contributed by atoms with van der Waals surface area (Å²) in [6, 6.07) is 9.72. The molecule has 1 aliphatic rings. The first-order valence-corrected chi connectivity index (χ1v) is 7.43. The predicted molar refractivity (Wildman–Crippen MR) is 81.2 cm³/mol. The number of hydrogen-bond donors (Lipinski definition) is 0. The zero-order valence-corrected chi connectivity index (χ0v) is 13.6. The van der Waals surface area contributed by atoms with Gasteiger partial charge in [-0.2, -0.15) is 0 Å². The minimum absolute atomic E-state index is 0.199. The lowest BCUT2D eigenvalue weighted by atomic mass is 9.98. The third-order valence-electron chi connectivity index (χ3n) is 3.70. The van der Waals surface area contributed by atoms with Gasteiger partial charge in [-0.05, 0) is 26.3 Å². The van der Waals surface area contributed by atoms with E-state index in [9.17, 15) is 4.79 Å². The Bertz CT molecular complexity index is 499. The standard InChI is InChI=1S/C17H24O5/c1-16(2)20-12-14(22-16)10-17(3,15(18)19-4)21-11-13-8-6-5-7-9-13/h5-9,14H,10-12H2,1-4H3/t14-,17+/m0/s1. The highest BCUT2D eigenvalue weighted by molar-refractivity contribution is 5.79. The quantitative estimate of drug-likeness (QED) is 0.756. The van der Waals surface area contributed by atoms with Crippen molar-refractivity contribution in [3.8, 4) is 0 Å². The number of methoxy groups -OCH3 is 1. The number of ether oxygens (including phenoxy) is 4. The van der Waals surface area contributed by atoms with E-state index < -0.39 is 17.4 Å².